The van der Waals surface area contributed by atoms with Crippen LogP contribution in [0.3, 0.4) is 0 Å². The zero-order valence-corrected chi connectivity index (χ0v) is 16.4. The van der Waals surface area contributed by atoms with Crippen molar-refractivity contribution in [3.8, 4) is 5.69 Å². The quantitative estimate of drug-likeness (QED) is 0.319. The SMILES string of the molecule is COC(=O)c1cnn2c(NCC(F)(F)F)c(-n3nc(C(F)(F)F)cc3C(F)(F)F)c(Cl)nc12. The average molecular weight is 511 g/mol. The van der Waals surface area contributed by atoms with E-state index in [1.165, 1.54) is 0 Å². The van der Waals surface area contributed by atoms with Gasteiger partial charge < -0.3 is 10.1 Å². The van der Waals surface area contributed by atoms with Crippen molar-refractivity contribution in [1.29, 1.82) is 0 Å². The molecule has 3 heterocycles. The number of nitrogens with one attached hydrogen (secondary N) is 1. The minimum Gasteiger partial charge on any atom is -0.465 e. The molecule has 18 heteroatoms. The first-order valence-corrected chi connectivity index (χ1v) is 8.63. The van der Waals surface area contributed by atoms with Crippen LogP contribution in [0.5, 0.6) is 0 Å². The van der Waals surface area contributed by atoms with Crippen LogP contribution in [0.25, 0.3) is 11.3 Å². The van der Waals surface area contributed by atoms with Gasteiger partial charge in [-0.25, -0.2) is 14.5 Å². The van der Waals surface area contributed by atoms with Crippen LogP contribution in [-0.2, 0) is 17.1 Å². The molecular weight excluding hydrogens is 503 g/mol. The van der Waals surface area contributed by atoms with Crippen molar-refractivity contribution in [2.24, 2.45) is 0 Å². The van der Waals surface area contributed by atoms with Crippen LogP contribution in [0.1, 0.15) is 21.7 Å². The standard InChI is InChI=1S/C15H8ClF9N6O2/c1-33-12(32)5-3-27-31-10(5)28-9(16)8(11(31)26-4-13(17,18)19)30-7(15(23,24)25)2-6(29-30)14(20,21)22/h2-3,26H,4H2,1H3. The normalized spacial score (nSPS) is 12.9. The van der Waals surface area contributed by atoms with E-state index >= 15 is 0 Å². The first-order valence-electron chi connectivity index (χ1n) is 8.25. The molecule has 1 N–H and O–H groups in total. The summed E-state index contributed by atoms with van der Waals surface area (Å²) in [6.07, 6.45) is -14.9. The Morgan fingerprint density at radius 3 is 2.27 bits per heavy atom. The summed E-state index contributed by atoms with van der Waals surface area (Å²) in [4.78, 5) is 15.4. The van der Waals surface area contributed by atoms with E-state index in [0.717, 1.165) is 13.3 Å². The molecule has 0 saturated heterocycles. The molecule has 0 spiro atoms. The van der Waals surface area contributed by atoms with E-state index in [2.05, 4.69) is 19.9 Å². The van der Waals surface area contributed by atoms with E-state index in [4.69, 9.17) is 11.6 Å². The Bertz CT molecular complexity index is 1210. The van der Waals surface area contributed by atoms with Crippen LogP contribution >= 0.6 is 11.6 Å². The fraction of sp³-hybridized carbons (Fsp3) is 0.333. The molecule has 3 rings (SSSR count). The zero-order valence-electron chi connectivity index (χ0n) is 15.7. The molecule has 0 atom stereocenters. The Morgan fingerprint density at radius 1 is 1.12 bits per heavy atom. The van der Waals surface area contributed by atoms with Gasteiger partial charge in [0.1, 0.15) is 23.5 Å². The maximum Gasteiger partial charge on any atom is 0.435 e. The van der Waals surface area contributed by atoms with Gasteiger partial charge >= 0.3 is 24.5 Å². The summed E-state index contributed by atoms with van der Waals surface area (Å²) in [6.45, 7) is -1.86. The third kappa shape index (κ3) is 4.76. The van der Waals surface area contributed by atoms with Crippen molar-refractivity contribution in [1.82, 2.24) is 24.4 Å². The number of nitrogens with zero attached hydrogens (tertiary/aromatic N) is 5. The van der Waals surface area contributed by atoms with Gasteiger partial charge in [0.15, 0.2) is 22.3 Å². The molecule has 8 nitrogen and oxygen atoms in total. The maximum absolute atomic E-state index is 13.5. The van der Waals surface area contributed by atoms with Gasteiger partial charge in [-0.15, -0.1) is 0 Å². The molecule has 0 amide bonds. The highest BCUT2D eigenvalue weighted by Gasteiger charge is 2.43. The van der Waals surface area contributed by atoms with Gasteiger partial charge in [0.2, 0.25) is 0 Å². The molecule has 0 radical (unpaired) electrons. The molecule has 0 saturated carbocycles. The van der Waals surface area contributed by atoms with Crippen LogP contribution in [0.2, 0.25) is 5.15 Å². The van der Waals surface area contributed by atoms with Crippen LogP contribution in [-0.4, -0.2) is 50.2 Å². The fourth-order valence-corrected chi connectivity index (χ4v) is 2.88. The first-order chi connectivity index (χ1) is 15.0. The van der Waals surface area contributed by atoms with Gasteiger partial charge in [0.25, 0.3) is 0 Å². The highest BCUT2D eigenvalue weighted by Crippen LogP contribution is 2.39. The van der Waals surface area contributed by atoms with Gasteiger partial charge in [-0.05, 0) is 0 Å². The number of aromatic nitrogens is 5. The lowest BCUT2D eigenvalue weighted by Gasteiger charge is -2.18. The largest absolute Gasteiger partial charge is 0.465 e. The smallest absolute Gasteiger partial charge is 0.435 e. The number of hydrogen-bond acceptors (Lipinski definition) is 6. The number of carbonyl (C=O) groups is 1. The number of alkyl halides is 9. The predicted octanol–water partition coefficient (Wildman–Crippen LogP) is 4.37. The minimum absolute atomic E-state index is 0.350. The summed E-state index contributed by atoms with van der Waals surface area (Å²) < 4.78 is 123. The van der Waals surface area contributed by atoms with Gasteiger partial charge in [-0.1, -0.05) is 11.6 Å². The minimum atomic E-state index is -5.43. The van der Waals surface area contributed by atoms with E-state index in [0.29, 0.717) is 4.52 Å². The Labute approximate surface area is 180 Å². The second-order valence-electron chi connectivity index (χ2n) is 6.18. The second-order valence-corrected chi connectivity index (χ2v) is 6.53. The Balaban J connectivity index is 2.38. The molecular formula is C15H8ClF9N6O2. The van der Waals surface area contributed by atoms with Gasteiger partial charge in [-0.3, -0.25) is 0 Å². The molecule has 0 aliphatic carbocycles. The Hall–Kier alpha value is -3.24. The van der Waals surface area contributed by atoms with Crippen molar-refractivity contribution in [2.75, 3.05) is 19.0 Å². The molecule has 33 heavy (non-hydrogen) atoms. The van der Waals surface area contributed by atoms with Crippen LogP contribution in [0, 0.1) is 0 Å². The number of fused-ring (bicyclic) bond motifs is 1. The lowest BCUT2D eigenvalue weighted by molar-refractivity contribution is -0.143. The number of esters is 1. The van der Waals surface area contributed by atoms with Crippen molar-refractivity contribution < 1.29 is 49.0 Å². The number of hydrogen-bond donors (Lipinski definition) is 1. The van der Waals surface area contributed by atoms with Crippen molar-refractivity contribution in [3.63, 3.8) is 0 Å². The zero-order chi connectivity index (χ0) is 24.9. The number of carbonyl (C=O) groups excluding carboxylic acids is 1. The molecule has 0 fully saturated rings. The van der Waals surface area contributed by atoms with Crippen molar-refractivity contribution in [2.45, 2.75) is 18.5 Å². The van der Waals surface area contributed by atoms with E-state index in [9.17, 15) is 44.3 Å². The van der Waals surface area contributed by atoms with E-state index in [1.807, 2.05) is 0 Å². The van der Waals surface area contributed by atoms with E-state index in [-0.39, 0.29) is 10.7 Å². The van der Waals surface area contributed by atoms with Gasteiger partial charge in [0.05, 0.1) is 13.3 Å². The van der Waals surface area contributed by atoms with Crippen LogP contribution in [0.4, 0.5) is 45.3 Å². The average Bonchev–Trinajstić information content (AvgIpc) is 3.28. The molecule has 0 aliphatic heterocycles. The topological polar surface area (TPSA) is 86.3 Å². The maximum atomic E-state index is 13.5. The predicted molar refractivity (Wildman–Crippen MR) is 91.0 cm³/mol. The summed E-state index contributed by atoms with van der Waals surface area (Å²) in [5.41, 5.74) is -6.11. The molecule has 0 aliphatic rings. The van der Waals surface area contributed by atoms with E-state index < -0.39 is 70.3 Å². The third-order valence-corrected chi connectivity index (χ3v) is 4.21. The Morgan fingerprint density at radius 2 is 1.76 bits per heavy atom. The van der Waals surface area contributed by atoms with Gasteiger partial charge in [0, 0.05) is 6.07 Å². The Kier molecular flexibility index (Phi) is 5.89. The highest BCUT2D eigenvalue weighted by atomic mass is 35.5. The lowest BCUT2D eigenvalue weighted by Crippen LogP contribution is -2.25. The van der Waals surface area contributed by atoms with Crippen molar-refractivity contribution >= 4 is 29.0 Å². The third-order valence-electron chi connectivity index (χ3n) is 3.94. The molecule has 3 aromatic rings. The lowest BCUT2D eigenvalue weighted by atomic mass is 10.3. The number of halogens is 10. The molecule has 0 aromatic carbocycles. The van der Waals surface area contributed by atoms with Gasteiger partial charge in [-0.2, -0.15) is 54.2 Å². The summed E-state index contributed by atoms with van der Waals surface area (Å²) in [5, 5.41) is 7.13. The monoisotopic (exact) mass is 510 g/mol. The summed E-state index contributed by atoms with van der Waals surface area (Å²) in [7, 11) is 0.947. The van der Waals surface area contributed by atoms with Crippen molar-refractivity contribution in [3.05, 3.63) is 34.4 Å². The van der Waals surface area contributed by atoms with Crippen LogP contribution in [0.15, 0.2) is 12.3 Å². The number of anilines is 1. The molecule has 180 valence electrons. The summed E-state index contributed by atoms with van der Waals surface area (Å²) in [6, 6.07) is -0.350. The second kappa shape index (κ2) is 7.96. The molecule has 0 unspecified atom stereocenters. The molecule has 0 bridgehead atoms. The number of ether oxygens (including phenoxy) is 1. The highest BCUT2D eigenvalue weighted by molar-refractivity contribution is 6.32. The summed E-state index contributed by atoms with van der Waals surface area (Å²) in [5.74, 6) is -2.04. The number of rotatable bonds is 4. The number of methoxy groups -OCH3 is 1. The van der Waals surface area contributed by atoms with Crippen LogP contribution < -0.4 is 5.32 Å². The summed E-state index contributed by atoms with van der Waals surface area (Å²) >= 11 is 5.88. The first kappa shape index (κ1) is 24.4. The molecule has 3 aromatic heterocycles. The van der Waals surface area contributed by atoms with E-state index in [1.54, 1.807) is 5.32 Å². The fourth-order valence-electron chi connectivity index (χ4n) is 2.63.